The van der Waals surface area contributed by atoms with Gasteiger partial charge in [0.2, 0.25) is 5.91 Å². The Bertz CT molecular complexity index is 898. The maximum atomic E-state index is 12.7. The molecule has 0 unspecified atom stereocenters. The number of piperidine rings is 1. The summed E-state index contributed by atoms with van der Waals surface area (Å²) in [6.45, 7) is 2.26. The van der Waals surface area contributed by atoms with Gasteiger partial charge in [0.05, 0.1) is 5.69 Å². The normalized spacial score (nSPS) is 16.2. The van der Waals surface area contributed by atoms with Gasteiger partial charge in [-0.3, -0.25) is 9.48 Å². The zero-order valence-electron chi connectivity index (χ0n) is 15.8. The number of hydrogen-bond donors (Lipinski definition) is 1. The predicted molar refractivity (Wildman–Crippen MR) is 111 cm³/mol. The van der Waals surface area contributed by atoms with E-state index in [0.717, 1.165) is 44.6 Å². The molecule has 3 heterocycles. The van der Waals surface area contributed by atoms with Crippen LogP contribution in [0.1, 0.15) is 36.9 Å². The maximum absolute atomic E-state index is 12.7. The summed E-state index contributed by atoms with van der Waals surface area (Å²) in [6.07, 6.45) is 6.79. The number of nitrogens with two attached hydrogens (primary N) is 1. The van der Waals surface area contributed by atoms with Crippen molar-refractivity contribution in [2.24, 2.45) is 0 Å². The van der Waals surface area contributed by atoms with Gasteiger partial charge in [0.25, 0.3) is 0 Å². The van der Waals surface area contributed by atoms with Gasteiger partial charge in [0.1, 0.15) is 0 Å². The van der Waals surface area contributed by atoms with Crippen LogP contribution in [0.4, 0.5) is 5.13 Å². The summed E-state index contributed by atoms with van der Waals surface area (Å²) in [7, 11) is 0. The molecule has 0 atom stereocenters. The number of anilines is 1. The van der Waals surface area contributed by atoms with Crippen molar-refractivity contribution in [3.63, 3.8) is 0 Å². The highest BCUT2D eigenvalue weighted by atomic mass is 32.1. The van der Waals surface area contributed by atoms with Crippen LogP contribution in [0.25, 0.3) is 0 Å². The highest BCUT2D eigenvalue weighted by molar-refractivity contribution is 7.13. The van der Waals surface area contributed by atoms with Crippen molar-refractivity contribution in [3.05, 3.63) is 65.4 Å². The molecule has 6 nitrogen and oxygen atoms in total. The topological polar surface area (TPSA) is 77.0 Å². The Kier molecular flexibility index (Phi) is 5.43. The average molecular weight is 396 g/mol. The summed E-state index contributed by atoms with van der Waals surface area (Å²) < 4.78 is 1.87. The standard InChI is InChI=1S/C21H25N5OS/c22-20-24-18(16-28-20)21(17-6-2-1-3-7-17)9-14-25(15-10-21)19(27)8-4-12-26-13-5-11-23-26/h1-3,5-7,11,13,16H,4,8-10,12,14-15H2,(H2,22,24). The molecule has 2 aromatic heterocycles. The third-order valence-corrected chi connectivity index (χ3v) is 6.32. The van der Waals surface area contributed by atoms with Crippen molar-refractivity contribution < 1.29 is 4.79 Å². The summed E-state index contributed by atoms with van der Waals surface area (Å²) in [5.41, 5.74) is 8.05. The van der Waals surface area contributed by atoms with Gasteiger partial charge in [-0.05, 0) is 30.9 Å². The Morgan fingerprint density at radius 2 is 1.96 bits per heavy atom. The van der Waals surface area contributed by atoms with Crippen molar-refractivity contribution in [3.8, 4) is 0 Å². The fourth-order valence-corrected chi connectivity index (χ4v) is 4.74. The van der Waals surface area contributed by atoms with Gasteiger partial charge in [-0.2, -0.15) is 5.10 Å². The van der Waals surface area contributed by atoms with E-state index in [0.29, 0.717) is 11.6 Å². The Balaban J connectivity index is 1.43. The number of rotatable bonds is 6. The van der Waals surface area contributed by atoms with Gasteiger partial charge in [-0.15, -0.1) is 11.3 Å². The molecule has 0 bridgehead atoms. The van der Waals surface area contributed by atoms with Gasteiger partial charge in [0, 0.05) is 49.2 Å². The third-order valence-electron chi connectivity index (χ3n) is 5.65. The van der Waals surface area contributed by atoms with Crippen molar-refractivity contribution in [1.82, 2.24) is 19.7 Å². The Morgan fingerprint density at radius 1 is 1.18 bits per heavy atom. The minimum Gasteiger partial charge on any atom is -0.375 e. The first-order valence-corrected chi connectivity index (χ1v) is 10.6. The number of aryl methyl sites for hydroxylation is 1. The van der Waals surface area contributed by atoms with E-state index in [1.54, 1.807) is 6.20 Å². The largest absolute Gasteiger partial charge is 0.375 e. The maximum Gasteiger partial charge on any atom is 0.222 e. The van der Waals surface area contributed by atoms with Crippen LogP contribution in [0.3, 0.4) is 0 Å². The van der Waals surface area contributed by atoms with Crippen LogP contribution in [0.15, 0.2) is 54.2 Å². The number of carbonyl (C=O) groups excluding carboxylic acids is 1. The molecule has 0 aliphatic carbocycles. The minimum absolute atomic E-state index is 0.165. The molecule has 0 radical (unpaired) electrons. The molecular weight excluding hydrogens is 370 g/mol. The van der Waals surface area contributed by atoms with Crippen LogP contribution in [0, 0.1) is 0 Å². The lowest BCUT2D eigenvalue weighted by Gasteiger charge is -2.41. The summed E-state index contributed by atoms with van der Waals surface area (Å²) in [5.74, 6) is 0.228. The van der Waals surface area contributed by atoms with Gasteiger partial charge < -0.3 is 10.6 Å². The Labute approximate surface area is 169 Å². The third kappa shape index (κ3) is 3.80. The first kappa shape index (κ1) is 18.7. The number of hydrogen-bond acceptors (Lipinski definition) is 5. The number of benzene rings is 1. The second-order valence-corrected chi connectivity index (χ2v) is 8.16. The first-order valence-electron chi connectivity index (χ1n) is 9.70. The van der Waals surface area contributed by atoms with E-state index >= 15 is 0 Å². The quantitative estimate of drug-likeness (QED) is 0.695. The Hall–Kier alpha value is -2.67. The molecule has 7 heteroatoms. The molecular formula is C21H25N5OS. The molecule has 1 aliphatic rings. The molecule has 146 valence electrons. The van der Waals surface area contributed by atoms with E-state index in [2.05, 4.69) is 39.7 Å². The van der Waals surface area contributed by atoms with Crippen molar-refractivity contribution in [2.45, 2.75) is 37.6 Å². The molecule has 0 spiro atoms. The number of amides is 1. The lowest BCUT2D eigenvalue weighted by Crippen LogP contribution is -2.46. The Morgan fingerprint density at radius 3 is 2.61 bits per heavy atom. The fourth-order valence-electron chi connectivity index (χ4n) is 4.08. The zero-order valence-corrected chi connectivity index (χ0v) is 16.6. The van der Waals surface area contributed by atoms with E-state index < -0.39 is 0 Å². The number of nitrogens with zero attached hydrogens (tertiary/aromatic N) is 4. The fraction of sp³-hybridized carbons (Fsp3) is 0.381. The van der Waals surface area contributed by atoms with Gasteiger partial charge in [-0.1, -0.05) is 30.3 Å². The van der Waals surface area contributed by atoms with Crippen LogP contribution in [0.5, 0.6) is 0 Å². The van der Waals surface area contributed by atoms with E-state index in [9.17, 15) is 4.79 Å². The highest BCUT2D eigenvalue weighted by Gasteiger charge is 2.40. The predicted octanol–water partition coefficient (Wildman–Crippen LogP) is 3.31. The lowest BCUT2D eigenvalue weighted by molar-refractivity contribution is -0.132. The smallest absolute Gasteiger partial charge is 0.222 e. The zero-order chi connectivity index (χ0) is 19.4. The summed E-state index contributed by atoms with van der Waals surface area (Å²) in [5, 5.41) is 6.86. The van der Waals surface area contributed by atoms with Gasteiger partial charge >= 0.3 is 0 Å². The van der Waals surface area contributed by atoms with Crippen LogP contribution >= 0.6 is 11.3 Å². The molecule has 1 aromatic carbocycles. The molecule has 1 aliphatic heterocycles. The highest BCUT2D eigenvalue weighted by Crippen LogP contribution is 2.42. The van der Waals surface area contributed by atoms with E-state index in [1.807, 2.05) is 27.9 Å². The van der Waals surface area contributed by atoms with Crippen LogP contribution in [-0.4, -0.2) is 38.7 Å². The second-order valence-electron chi connectivity index (χ2n) is 7.27. The van der Waals surface area contributed by atoms with Crippen LogP contribution in [0.2, 0.25) is 0 Å². The number of thiazole rings is 1. The monoisotopic (exact) mass is 395 g/mol. The molecule has 2 N–H and O–H groups in total. The second kappa shape index (κ2) is 8.14. The lowest BCUT2D eigenvalue weighted by atomic mass is 9.70. The summed E-state index contributed by atoms with van der Waals surface area (Å²) in [6, 6.07) is 12.4. The van der Waals surface area contributed by atoms with E-state index in [1.165, 1.54) is 16.9 Å². The summed E-state index contributed by atoms with van der Waals surface area (Å²) >= 11 is 1.49. The number of aromatic nitrogens is 3. The van der Waals surface area contributed by atoms with E-state index in [4.69, 9.17) is 5.73 Å². The molecule has 28 heavy (non-hydrogen) atoms. The number of nitrogen functional groups attached to an aromatic ring is 1. The van der Waals surface area contributed by atoms with Gasteiger partial charge in [-0.25, -0.2) is 4.98 Å². The molecule has 1 amide bonds. The molecule has 1 saturated heterocycles. The first-order chi connectivity index (χ1) is 13.7. The molecule has 1 fully saturated rings. The summed E-state index contributed by atoms with van der Waals surface area (Å²) in [4.78, 5) is 19.3. The number of likely N-dealkylation sites (tertiary alicyclic amines) is 1. The van der Waals surface area contributed by atoms with Crippen LogP contribution < -0.4 is 5.73 Å². The molecule has 3 aromatic rings. The average Bonchev–Trinajstić information content (AvgIpc) is 3.41. The van der Waals surface area contributed by atoms with E-state index in [-0.39, 0.29) is 11.3 Å². The van der Waals surface area contributed by atoms with Gasteiger partial charge in [0.15, 0.2) is 5.13 Å². The van der Waals surface area contributed by atoms with Crippen molar-refractivity contribution in [2.75, 3.05) is 18.8 Å². The molecule has 0 saturated carbocycles. The SMILES string of the molecule is Nc1nc(C2(c3ccccc3)CCN(C(=O)CCCn3cccn3)CC2)cs1. The van der Waals surface area contributed by atoms with Crippen LogP contribution in [-0.2, 0) is 16.8 Å². The van der Waals surface area contributed by atoms with Crippen molar-refractivity contribution in [1.29, 1.82) is 0 Å². The molecule has 4 rings (SSSR count). The number of carbonyl (C=O) groups is 1. The minimum atomic E-state index is -0.165. The van der Waals surface area contributed by atoms with Crippen molar-refractivity contribution >= 4 is 22.4 Å².